The SMILES string of the molecule is Cc1ccn(-c2ccc(-c3nnc(OC4CC5(C)NC(C)(CC5F)C4F)s3)c(O)c2)n1. The normalized spacial score (nSPS) is 32.4. The smallest absolute Gasteiger partial charge is 0.294 e. The summed E-state index contributed by atoms with van der Waals surface area (Å²) >= 11 is 1.12. The van der Waals surface area contributed by atoms with Gasteiger partial charge in [-0.05, 0) is 39.0 Å². The number of hydrogen-bond donors (Lipinski definition) is 2. The molecule has 2 saturated heterocycles. The number of benzene rings is 1. The van der Waals surface area contributed by atoms with Crippen molar-refractivity contribution in [1.82, 2.24) is 25.3 Å². The van der Waals surface area contributed by atoms with Crippen LogP contribution in [0.4, 0.5) is 8.78 Å². The first kappa shape index (κ1) is 20.3. The number of aromatic hydroxyl groups is 1. The highest BCUT2D eigenvalue weighted by Crippen LogP contribution is 2.46. The zero-order valence-electron chi connectivity index (χ0n) is 17.3. The molecule has 164 valence electrons. The lowest BCUT2D eigenvalue weighted by Gasteiger charge is -2.43. The summed E-state index contributed by atoms with van der Waals surface area (Å²) in [6.45, 7) is 5.34. The zero-order valence-corrected chi connectivity index (χ0v) is 18.2. The van der Waals surface area contributed by atoms with Crippen molar-refractivity contribution in [2.45, 2.75) is 63.1 Å². The second kappa shape index (κ2) is 6.96. The van der Waals surface area contributed by atoms with Crippen molar-refractivity contribution in [2.24, 2.45) is 0 Å². The molecule has 5 rings (SSSR count). The van der Waals surface area contributed by atoms with Crippen molar-refractivity contribution in [3.63, 3.8) is 0 Å². The number of phenols is 1. The first-order valence-corrected chi connectivity index (χ1v) is 10.9. The molecule has 2 aliphatic heterocycles. The third-order valence-electron chi connectivity index (χ3n) is 6.28. The van der Waals surface area contributed by atoms with E-state index in [-0.39, 0.29) is 23.8 Å². The monoisotopic (exact) mass is 447 g/mol. The molecule has 0 spiro atoms. The molecule has 2 fully saturated rings. The lowest BCUT2D eigenvalue weighted by Crippen LogP contribution is -2.64. The molecule has 2 N–H and O–H groups in total. The van der Waals surface area contributed by atoms with Gasteiger partial charge in [0.1, 0.15) is 18.0 Å². The number of alkyl halides is 2. The Labute approximate surface area is 182 Å². The Morgan fingerprint density at radius 1 is 1.19 bits per heavy atom. The summed E-state index contributed by atoms with van der Waals surface area (Å²) in [6.07, 6.45) is -1.21. The molecule has 4 heterocycles. The summed E-state index contributed by atoms with van der Waals surface area (Å²) in [4.78, 5) is 0. The van der Waals surface area contributed by atoms with Crippen LogP contribution >= 0.6 is 11.3 Å². The Hall–Kier alpha value is -2.59. The molecular formula is C21H23F2N5O2S. The number of halogens is 2. The standard InChI is InChI=1S/C21H23F2N5O2S/c1-11-6-7-28(26-11)12-4-5-13(14(29)8-12)18-24-25-19(31-18)30-15-9-20(2)16(22)10-21(3,27-20)17(15)23/h4-8,15-17,27,29H,9-10H2,1-3H3. The molecule has 2 aromatic heterocycles. The highest BCUT2D eigenvalue weighted by Gasteiger charge is 2.61. The molecule has 10 heteroatoms. The van der Waals surface area contributed by atoms with Crippen LogP contribution in [-0.2, 0) is 0 Å². The van der Waals surface area contributed by atoms with Crippen LogP contribution in [0.1, 0.15) is 32.4 Å². The van der Waals surface area contributed by atoms with Gasteiger partial charge in [0.15, 0.2) is 11.2 Å². The fourth-order valence-electron chi connectivity index (χ4n) is 4.67. The van der Waals surface area contributed by atoms with Gasteiger partial charge >= 0.3 is 0 Å². The quantitative estimate of drug-likeness (QED) is 0.634. The van der Waals surface area contributed by atoms with Gasteiger partial charge in [0.05, 0.1) is 28.0 Å². The number of phenolic OH excluding ortho intramolecular Hbond substituents is 1. The molecule has 0 aliphatic carbocycles. The second-order valence-electron chi connectivity index (χ2n) is 8.87. The summed E-state index contributed by atoms with van der Waals surface area (Å²) < 4.78 is 37.1. The highest BCUT2D eigenvalue weighted by atomic mass is 32.1. The van der Waals surface area contributed by atoms with E-state index in [0.717, 1.165) is 17.0 Å². The molecule has 5 atom stereocenters. The van der Waals surface area contributed by atoms with Crippen molar-refractivity contribution in [1.29, 1.82) is 0 Å². The number of piperidine rings is 1. The van der Waals surface area contributed by atoms with Crippen molar-refractivity contribution in [2.75, 3.05) is 0 Å². The van der Waals surface area contributed by atoms with E-state index in [9.17, 15) is 9.50 Å². The molecule has 0 radical (unpaired) electrons. The molecule has 2 bridgehead atoms. The van der Waals surface area contributed by atoms with E-state index in [2.05, 4.69) is 20.6 Å². The molecule has 0 amide bonds. The minimum Gasteiger partial charge on any atom is -0.507 e. The van der Waals surface area contributed by atoms with E-state index in [1.165, 1.54) is 0 Å². The Morgan fingerprint density at radius 3 is 2.71 bits per heavy atom. The fraction of sp³-hybridized carbons (Fsp3) is 0.476. The molecule has 1 aromatic carbocycles. The first-order chi connectivity index (χ1) is 14.7. The topological polar surface area (TPSA) is 85.1 Å². The zero-order chi connectivity index (χ0) is 22.0. The van der Waals surface area contributed by atoms with Crippen LogP contribution in [0.25, 0.3) is 16.3 Å². The number of ether oxygens (including phenoxy) is 1. The Balaban J connectivity index is 1.36. The minimum absolute atomic E-state index is 0.0249. The molecule has 5 unspecified atom stereocenters. The van der Waals surface area contributed by atoms with Crippen LogP contribution in [0.5, 0.6) is 10.9 Å². The van der Waals surface area contributed by atoms with E-state index in [1.807, 2.05) is 25.3 Å². The minimum atomic E-state index is -1.38. The summed E-state index contributed by atoms with van der Waals surface area (Å²) in [5, 5.41) is 26.7. The van der Waals surface area contributed by atoms with E-state index in [0.29, 0.717) is 16.3 Å². The van der Waals surface area contributed by atoms with Crippen molar-refractivity contribution < 1.29 is 18.6 Å². The number of rotatable bonds is 4. The van der Waals surface area contributed by atoms with Crippen molar-refractivity contribution in [3.05, 3.63) is 36.2 Å². The van der Waals surface area contributed by atoms with E-state index in [1.54, 1.807) is 30.7 Å². The molecule has 31 heavy (non-hydrogen) atoms. The maximum absolute atomic E-state index is 15.1. The molecule has 0 saturated carbocycles. The van der Waals surface area contributed by atoms with Gasteiger partial charge in [-0.15, -0.1) is 5.10 Å². The summed E-state index contributed by atoms with van der Waals surface area (Å²) in [5.74, 6) is 0.0249. The molecule has 3 aromatic rings. The first-order valence-electron chi connectivity index (χ1n) is 10.1. The van der Waals surface area contributed by atoms with Crippen molar-refractivity contribution >= 4 is 11.3 Å². The number of nitrogens with one attached hydrogen (secondary N) is 1. The Morgan fingerprint density at radius 2 is 2.00 bits per heavy atom. The Bertz CT molecular complexity index is 1140. The van der Waals surface area contributed by atoms with Gasteiger partial charge in [0.25, 0.3) is 5.19 Å². The number of nitrogens with zero attached hydrogens (tertiary/aromatic N) is 4. The molecule has 7 nitrogen and oxygen atoms in total. The van der Waals surface area contributed by atoms with E-state index in [4.69, 9.17) is 4.74 Å². The summed E-state index contributed by atoms with van der Waals surface area (Å²) in [7, 11) is 0. The van der Waals surface area contributed by atoms with Crippen LogP contribution in [0.3, 0.4) is 0 Å². The van der Waals surface area contributed by atoms with Crippen LogP contribution in [0.2, 0.25) is 0 Å². The lowest BCUT2D eigenvalue weighted by molar-refractivity contribution is -0.0110. The van der Waals surface area contributed by atoms with E-state index >= 15 is 4.39 Å². The third kappa shape index (κ3) is 3.38. The fourth-order valence-corrected chi connectivity index (χ4v) is 5.45. The van der Waals surface area contributed by atoms with E-state index < -0.39 is 29.5 Å². The largest absolute Gasteiger partial charge is 0.507 e. The number of fused-ring (bicyclic) bond motifs is 2. The number of aryl methyl sites for hydroxylation is 1. The average molecular weight is 448 g/mol. The van der Waals surface area contributed by atoms with Gasteiger partial charge in [-0.1, -0.05) is 16.4 Å². The van der Waals surface area contributed by atoms with Crippen LogP contribution in [0.15, 0.2) is 30.5 Å². The summed E-state index contributed by atoms with van der Waals surface area (Å²) in [5.41, 5.74) is 0.277. The predicted octanol–water partition coefficient (Wildman–Crippen LogP) is 3.74. The third-order valence-corrected chi connectivity index (χ3v) is 7.13. The van der Waals surface area contributed by atoms with Crippen LogP contribution in [-0.4, -0.2) is 54.6 Å². The van der Waals surface area contributed by atoms with Gasteiger partial charge in [-0.2, -0.15) is 5.10 Å². The summed E-state index contributed by atoms with van der Waals surface area (Å²) in [6, 6.07) is 7.00. The number of hydrogen-bond acceptors (Lipinski definition) is 7. The molecular weight excluding hydrogens is 424 g/mol. The Kier molecular flexibility index (Phi) is 4.56. The van der Waals surface area contributed by atoms with Gasteiger partial charge in [0, 0.05) is 25.1 Å². The van der Waals surface area contributed by atoms with Gasteiger partial charge < -0.3 is 15.2 Å². The van der Waals surface area contributed by atoms with Crippen molar-refractivity contribution in [3.8, 4) is 27.2 Å². The highest BCUT2D eigenvalue weighted by molar-refractivity contribution is 7.16. The maximum Gasteiger partial charge on any atom is 0.294 e. The molecule has 2 aliphatic rings. The van der Waals surface area contributed by atoms with Crippen LogP contribution < -0.4 is 10.1 Å². The van der Waals surface area contributed by atoms with Gasteiger partial charge in [-0.3, -0.25) is 0 Å². The second-order valence-corrected chi connectivity index (χ2v) is 9.81. The predicted molar refractivity (Wildman–Crippen MR) is 112 cm³/mol. The maximum atomic E-state index is 15.1. The van der Waals surface area contributed by atoms with Crippen LogP contribution in [0, 0.1) is 6.92 Å². The number of aromatic nitrogens is 4. The van der Waals surface area contributed by atoms with Gasteiger partial charge in [0.2, 0.25) is 0 Å². The lowest BCUT2D eigenvalue weighted by atomic mass is 9.85. The average Bonchev–Trinajstić information content (AvgIpc) is 3.38. The van der Waals surface area contributed by atoms with Gasteiger partial charge in [-0.25, -0.2) is 13.5 Å².